The van der Waals surface area contributed by atoms with Crippen molar-refractivity contribution >= 4 is 22.1 Å². The Balaban J connectivity index is 1.51. The number of H-pyrrole nitrogens is 2. The average molecular weight is 418 g/mol. The van der Waals surface area contributed by atoms with Crippen molar-refractivity contribution in [2.75, 3.05) is 0 Å². The Morgan fingerprint density at radius 1 is 0.812 bits per heavy atom. The summed E-state index contributed by atoms with van der Waals surface area (Å²) in [7, 11) is 0. The van der Waals surface area contributed by atoms with Crippen LogP contribution in [0.1, 0.15) is 5.56 Å². The molecule has 0 saturated carbocycles. The van der Waals surface area contributed by atoms with Gasteiger partial charge in [0.05, 0.1) is 28.4 Å². The van der Waals surface area contributed by atoms with Crippen molar-refractivity contribution in [3.63, 3.8) is 0 Å². The number of benzene rings is 2. The predicted molar refractivity (Wildman–Crippen MR) is 124 cm³/mol. The van der Waals surface area contributed by atoms with Gasteiger partial charge in [0.25, 0.3) is 0 Å². The van der Waals surface area contributed by atoms with Crippen LogP contribution in [-0.4, -0.2) is 35.2 Å². The number of nitrogens with zero attached hydrogens (tertiary/aromatic N) is 4. The number of rotatable bonds is 3. The maximum absolute atomic E-state index is 9.77. The van der Waals surface area contributed by atoms with Crippen molar-refractivity contribution in [3.05, 3.63) is 78.6 Å². The number of aromatic hydroxyl groups is 1. The molecule has 7 heteroatoms. The van der Waals surface area contributed by atoms with Crippen LogP contribution in [0.5, 0.6) is 5.75 Å². The minimum Gasteiger partial charge on any atom is -0.506 e. The Morgan fingerprint density at radius 2 is 1.72 bits per heavy atom. The molecule has 4 heterocycles. The molecule has 0 atom stereocenters. The van der Waals surface area contributed by atoms with E-state index < -0.39 is 0 Å². The molecule has 32 heavy (non-hydrogen) atoms. The van der Waals surface area contributed by atoms with Gasteiger partial charge in [-0.15, -0.1) is 0 Å². The van der Waals surface area contributed by atoms with Crippen LogP contribution in [0.3, 0.4) is 0 Å². The van der Waals surface area contributed by atoms with Crippen molar-refractivity contribution in [2.45, 2.75) is 6.92 Å². The zero-order chi connectivity index (χ0) is 21.7. The molecule has 0 radical (unpaired) electrons. The van der Waals surface area contributed by atoms with Gasteiger partial charge in [0.1, 0.15) is 11.3 Å². The zero-order valence-electron chi connectivity index (χ0n) is 17.2. The molecule has 0 amide bonds. The summed E-state index contributed by atoms with van der Waals surface area (Å²) in [6.07, 6.45) is 3.06. The van der Waals surface area contributed by atoms with Gasteiger partial charge in [-0.05, 0) is 36.8 Å². The number of pyridine rings is 2. The van der Waals surface area contributed by atoms with Crippen LogP contribution in [-0.2, 0) is 0 Å². The molecule has 7 nitrogen and oxygen atoms in total. The molecule has 0 aliphatic carbocycles. The smallest absolute Gasteiger partial charge is 0.161 e. The van der Waals surface area contributed by atoms with Gasteiger partial charge < -0.3 is 10.1 Å². The number of nitrogens with one attached hydrogen (secondary N) is 2. The van der Waals surface area contributed by atoms with Crippen LogP contribution in [0.25, 0.3) is 56.0 Å². The lowest BCUT2D eigenvalue weighted by Crippen LogP contribution is -1.87. The molecular weight excluding hydrogens is 400 g/mol. The first-order valence-electron chi connectivity index (χ1n) is 10.2. The van der Waals surface area contributed by atoms with Crippen molar-refractivity contribution in [2.24, 2.45) is 0 Å². The molecule has 6 rings (SSSR count). The first-order chi connectivity index (χ1) is 15.7. The molecule has 0 aliphatic rings. The predicted octanol–water partition coefficient (Wildman–Crippen LogP) is 5.24. The first kappa shape index (κ1) is 18.3. The van der Waals surface area contributed by atoms with Gasteiger partial charge in [0.15, 0.2) is 11.5 Å². The van der Waals surface area contributed by atoms with E-state index in [-0.39, 0.29) is 5.75 Å². The summed E-state index contributed by atoms with van der Waals surface area (Å²) in [6, 6.07) is 19.9. The molecule has 0 bridgehead atoms. The number of aromatic nitrogens is 6. The van der Waals surface area contributed by atoms with Crippen molar-refractivity contribution in [1.82, 2.24) is 30.1 Å². The highest BCUT2D eigenvalue weighted by Crippen LogP contribution is 2.32. The van der Waals surface area contributed by atoms with Crippen molar-refractivity contribution < 1.29 is 5.11 Å². The quantitative estimate of drug-likeness (QED) is 0.364. The van der Waals surface area contributed by atoms with Crippen LogP contribution in [0.2, 0.25) is 0 Å². The van der Waals surface area contributed by atoms with Crippen molar-refractivity contribution in [1.29, 1.82) is 0 Å². The maximum Gasteiger partial charge on any atom is 0.161 e. The fourth-order valence-electron chi connectivity index (χ4n) is 3.98. The van der Waals surface area contributed by atoms with Crippen LogP contribution in [0.15, 0.2) is 73.1 Å². The minimum absolute atomic E-state index is 0.0952. The minimum atomic E-state index is 0.0952. The summed E-state index contributed by atoms with van der Waals surface area (Å²) in [4.78, 5) is 17.1. The Bertz CT molecular complexity index is 1610. The Kier molecular flexibility index (Phi) is 4.01. The van der Waals surface area contributed by atoms with Gasteiger partial charge in [0.2, 0.25) is 0 Å². The lowest BCUT2D eigenvalue weighted by molar-refractivity contribution is 0.473. The fraction of sp³-hybridized carbons (Fsp3) is 0.0400. The number of aromatic amines is 2. The van der Waals surface area contributed by atoms with Gasteiger partial charge in [0, 0.05) is 17.3 Å². The summed E-state index contributed by atoms with van der Waals surface area (Å²) in [5.41, 5.74) is 8.77. The molecule has 0 spiro atoms. The zero-order valence-corrected chi connectivity index (χ0v) is 17.2. The molecule has 2 aromatic carbocycles. The van der Waals surface area contributed by atoms with Crippen LogP contribution in [0, 0.1) is 6.92 Å². The lowest BCUT2D eigenvalue weighted by atomic mass is 10.0. The molecule has 4 aromatic heterocycles. The summed E-state index contributed by atoms with van der Waals surface area (Å²) < 4.78 is 0. The third kappa shape index (κ3) is 2.99. The van der Waals surface area contributed by atoms with Crippen LogP contribution < -0.4 is 0 Å². The van der Waals surface area contributed by atoms with E-state index in [2.05, 4.69) is 57.4 Å². The lowest BCUT2D eigenvalue weighted by Gasteiger charge is -2.03. The highest BCUT2D eigenvalue weighted by atomic mass is 16.3. The topological polar surface area (TPSA) is 103 Å². The van der Waals surface area contributed by atoms with Gasteiger partial charge in [-0.2, -0.15) is 5.10 Å². The highest BCUT2D eigenvalue weighted by molar-refractivity contribution is 5.96. The van der Waals surface area contributed by atoms with Gasteiger partial charge in [-0.3, -0.25) is 10.1 Å². The second kappa shape index (κ2) is 7.02. The van der Waals surface area contributed by atoms with Crippen molar-refractivity contribution in [3.8, 4) is 39.7 Å². The summed E-state index contributed by atoms with van der Waals surface area (Å²) in [5.74, 6) is 0.739. The number of aryl methyl sites for hydroxylation is 1. The van der Waals surface area contributed by atoms with Crippen LogP contribution in [0.4, 0.5) is 0 Å². The van der Waals surface area contributed by atoms with E-state index in [0.29, 0.717) is 22.7 Å². The third-order valence-corrected chi connectivity index (χ3v) is 5.49. The SMILES string of the molecule is Cc1cccc(-c2cccc3[nH]c(-c4n[nH]c5ccc(-c6cncc(O)c6)nc45)nc23)c1. The maximum atomic E-state index is 9.77. The first-order valence-corrected chi connectivity index (χ1v) is 10.2. The Morgan fingerprint density at radius 3 is 2.59 bits per heavy atom. The number of fused-ring (bicyclic) bond motifs is 2. The highest BCUT2D eigenvalue weighted by Gasteiger charge is 2.17. The largest absolute Gasteiger partial charge is 0.506 e. The number of hydrogen-bond donors (Lipinski definition) is 3. The third-order valence-electron chi connectivity index (χ3n) is 5.49. The monoisotopic (exact) mass is 418 g/mol. The van der Waals surface area contributed by atoms with Crippen LogP contribution >= 0.6 is 0 Å². The molecular formula is C25H18N6O. The summed E-state index contributed by atoms with van der Waals surface area (Å²) in [5, 5.41) is 17.3. The molecule has 3 N–H and O–H groups in total. The number of hydrogen-bond acceptors (Lipinski definition) is 5. The van der Waals surface area contributed by atoms with Gasteiger partial charge >= 0.3 is 0 Å². The molecule has 0 saturated heterocycles. The Labute approximate surface area is 182 Å². The molecule has 0 fully saturated rings. The number of para-hydroxylation sites is 1. The molecule has 0 aliphatic heterocycles. The van der Waals surface area contributed by atoms with E-state index in [9.17, 15) is 5.11 Å². The van der Waals surface area contributed by atoms with E-state index in [1.54, 1.807) is 12.3 Å². The second-order valence-corrected chi connectivity index (χ2v) is 7.75. The van der Waals surface area contributed by atoms with E-state index in [0.717, 1.165) is 33.2 Å². The van der Waals surface area contributed by atoms with E-state index in [1.165, 1.54) is 11.8 Å². The fourth-order valence-corrected chi connectivity index (χ4v) is 3.98. The average Bonchev–Trinajstić information content (AvgIpc) is 3.42. The second-order valence-electron chi connectivity index (χ2n) is 7.75. The van der Waals surface area contributed by atoms with E-state index in [1.807, 2.05) is 24.3 Å². The number of imidazole rings is 1. The van der Waals surface area contributed by atoms with Gasteiger partial charge in [-0.25, -0.2) is 9.97 Å². The molecule has 6 aromatic rings. The van der Waals surface area contributed by atoms with E-state index in [4.69, 9.17) is 9.97 Å². The standard InChI is InChI=1S/C25H18N6O/c1-14-4-2-5-15(10-14)18-6-3-7-20-22(18)29-25(28-20)24-23-21(30-31-24)9-8-19(27-23)16-11-17(32)13-26-12-16/h2-13,32H,1H3,(H,28,29)(H,30,31). The molecule has 0 unspecified atom stereocenters. The summed E-state index contributed by atoms with van der Waals surface area (Å²) >= 11 is 0. The molecule has 154 valence electrons. The van der Waals surface area contributed by atoms with Gasteiger partial charge in [-0.1, -0.05) is 42.0 Å². The normalized spacial score (nSPS) is 11.4. The summed E-state index contributed by atoms with van der Waals surface area (Å²) in [6.45, 7) is 2.08. The Hall–Kier alpha value is -4.52. The van der Waals surface area contributed by atoms with E-state index >= 15 is 0 Å².